The fraction of sp³-hybridized carbons (Fsp3) is 0.400. The van der Waals surface area contributed by atoms with Crippen LogP contribution >= 0.6 is 0 Å². The Labute approximate surface area is 130 Å². The van der Waals surface area contributed by atoms with Crippen LogP contribution in [0.4, 0.5) is 13.2 Å². The van der Waals surface area contributed by atoms with Crippen molar-refractivity contribution in [3.05, 3.63) is 47.3 Å². The fourth-order valence-electron chi connectivity index (χ4n) is 2.40. The number of benzene rings is 1. The van der Waals surface area contributed by atoms with Gasteiger partial charge in [-0.05, 0) is 30.9 Å². The lowest BCUT2D eigenvalue weighted by molar-refractivity contribution is -0.138. The van der Waals surface area contributed by atoms with E-state index in [0.717, 1.165) is 25.3 Å². The molecule has 1 aromatic carbocycles. The van der Waals surface area contributed by atoms with E-state index < -0.39 is 11.7 Å². The van der Waals surface area contributed by atoms with Gasteiger partial charge in [0.2, 0.25) is 0 Å². The highest BCUT2D eigenvalue weighted by atomic mass is 19.4. The third kappa shape index (κ3) is 3.52. The van der Waals surface area contributed by atoms with Gasteiger partial charge in [-0.25, -0.2) is 4.68 Å². The Morgan fingerprint density at radius 3 is 2.70 bits per heavy atom. The topological polar surface area (TPSA) is 59.8 Å². The van der Waals surface area contributed by atoms with Gasteiger partial charge in [0.25, 0.3) is 5.91 Å². The van der Waals surface area contributed by atoms with Crippen LogP contribution < -0.4 is 5.32 Å². The Kier molecular flexibility index (Phi) is 4.06. The molecule has 0 saturated heterocycles. The molecule has 0 radical (unpaired) electrons. The first kappa shape index (κ1) is 15.5. The van der Waals surface area contributed by atoms with E-state index in [9.17, 15) is 18.0 Å². The summed E-state index contributed by atoms with van der Waals surface area (Å²) in [5.41, 5.74) is -0.520. The van der Waals surface area contributed by atoms with Crippen LogP contribution in [0.25, 0.3) is 0 Å². The average Bonchev–Trinajstić information content (AvgIpc) is 2.91. The highest BCUT2D eigenvalue weighted by molar-refractivity contribution is 5.92. The van der Waals surface area contributed by atoms with Crippen LogP contribution in [0.2, 0.25) is 0 Å². The number of halogens is 3. The maximum Gasteiger partial charge on any atom is 0.416 e. The molecule has 1 heterocycles. The number of carbonyl (C=O) groups excluding carboxylic acids is 1. The number of hydrogen-bond donors (Lipinski definition) is 1. The first-order chi connectivity index (χ1) is 10.9. The molecule has 3 rings (SSSR count). The van der Waals surface area contributed by atoms with Crippen molar-refractivity contribution in [2.24, 2.45) is 0 Å². The summed E-state index contributed by atoms with van der Waals surface area (Å²) in [7, 11) is 0. The molecule has 1 aromatic heterocycles. The Balaban J connectivity index is 1.73. The molecule has 1 aliphatic rings. The Morgan fingerprint density at radius 2 is 2.04 bits per heavy atom. The normalized spacial score (nSPS) is 15.3. The number of alkyl halides is 3. The summed E-state index contributed by atoms with van der Waals surface area (Å²) in [4.78, 5) is 11.9. The van der Waals surface area contributed by atoms with E-state index in [1.807, 2.05) is 0 Å². The molecule has 0 bridgehead atoms. The number of hydrogen-bond acceptors (Lipinski definition) is 3. The quantitative estimate of drug-likeness (QED) is 0.940. The van der Waals surface area contributed by atoms with Crippen molar-refractivity contribution in [3.63, 3.8) is 0 Å². The summed E-state index contributed by atoms with van der Waals surface area (Å²) in [5.74, 6) is -0.343. The van der Waals surface area contributed by atoms with Crippen molar-refractivity contribution >= 4 is 5.91 Å². The number of nitrogens with zero attached hydrogens (tertiary/aromatic N) is 3. The first-order valence-corrected chi connectivity index (χ1v) is 7.29. The smallest absolute Gasteiger partial charge is 0.348 e. The van der Waals surface area contributed by atoms with E-state index in [2.05, 4.69) is 15.6 Å². The van der Waals surface area contributed by atoms with Crippen molar-refractivity contribution in [2.45, 2.75) is 38.0 Å². The summed E-state index contributed by atoms with van der Waals surface area (Å²) in [5, 5.41) is 10.3. The van der Waals surface area contributed by atoms with Crippen LogP contribution in [0.3, 0.4) is 0 Å². The van der Waals surface area contributed by atoms with Gasteiger partial charge in [0.05, 0.1) is 18.3 Å². The largest absolute Gasteiger partial charge is 0.416 e. The van der Waals surface area contributed by atoms with E-state index in [1.54, 1.807) is 0 Å². The average molecular weight is 324 g/mol. The van der Waals surface area contributed by atoms with Gasteiger partial charge >= 0.3 is 6.18 Å². The van der Waals surface area contributed by atoms with E-state index in [-0.39, 0.29) is 29.8 Å². The van der Waals surface area contributed by atoms with Gasteiger partial charge in [0.15, 0.2) is 5.69 Å². The summed E-state index contributed by atoms with van der Waals surface area (Å²) in [6.45, 7) is -0.0978. The number of amides is 1. The van der Waals surface area contributed by atoms with E-state index >= 15 is 0 Å². The minimum atomic E-state index is -4.43. The lowest BCUT2D eigenvalue weighted by Crippen LogP contribution is -2.39. The molecular formula is C15H15F3N4O. The molecule has 1 N–H and O–H groups in total. The maximum atomic E-state index is 13.0. The monoisotopic (exact) mass is 324 g/mol. The van der Waals surface area contributed by atoms with Gasteiger partial charge in [0.1, 0.15) is 0 Å². The van der Waals surface area contributed by atoms with E-state index in [1.165, 1.54) is 29.1 Å². The molecule has 2 aromatic rings. The van der Waals surface area contributed by atoms with E-state index in [0.29, 0.717) is 0 Å². The van der Waals surface area contributed by atoms with Crippen molar-refractivity contribution in [1.82, 2.24) is 20.3 Å². The maximum absolute atomic E-state index is 13.0. The van der Waals surface area contributed by atoms with Gasteiger partial charge in [-0.15, -0.1) is 5.10 Å². The van der Waals surface area contributed by atoms with E-state index in [4.69, 9.17) is 0 Å². The van der Waals surface area contributed by atoms with Crippen molar-refractivity contribution < 1.29 is 18.0 Å². The van der Waals surface area contributed by atoms with Gasteiger partial charge < -0.3 is 5.32 Å². The van der Waals surface area contributed by atoms with Crippen molar-refractivity contribution in [1.29, 1.82) is 0 Å². The standard InChI is InChI=1S/C15H15F3N4O/c16-15(17,18)12-7-2-1-4-10(12)8-22-9-13(20-21-22)14(23)19-11-5-3-6-11/h1-2,4,7,9,11H,3,5-6,8H2,(H,19,23). The van der Waals surface area contributed by atoms with Gasteiger partial charge in [-0.2, -0.15) is 13.2 Å². The SMILES string of the molecule is O=C(NC1CCC1)c1cn(Cc2ccccc2C(F)(F)F)nn1. The molecule has 8 heteroatoms. The Bertz CT molecular complexity index is 707. The van der Waals surface area contributed by atoms with Gasteiger partial charge in [0, 0.05) is 6.04 Å². The fourth-order valence-corrected chi connectivity index (χ4v) is 2.40. The van der Waals surface area contributed by atoms with Crippen LogP contribution in [-0.2, 0) is 12.7 Å². The Morgan fingerprint density at radius 1 is 1.30 bits per heavy atom. The molecule has 0 aliphatic heterocycles. The predicted octanol–water partition coefficient (Wildman–Crippen LogP) is 2.63. The lowest BCUT2D eigenvalue weighted by Gasteiger charge is -2.25. The molecule has 0 spiro atoms. The minimum absolute atomic E-state index is 0.0795. The second-order valence-corrected chi connectivity index (χ2v) is 5.56. The molecule has 1 fully saturated rings. The molecule has 0 atom stereocenters. The van der Waals surface area contributed by atoms with Crippen LogP contribution in [0.5, 0.6) is 0 Å². The highest BCUT2D eigenvalue weighted by Gasteiger charge is 2.33. The molecule has 122 valence electrons. The van der Waals surface area contributed by atoms with Crippen LogP contribution in [0, 0.1) is 0 Å². The molecule has 23 heavy (non-hydrogen) atoms. The number of nitrogens with one attached hydrogen (secondary N) is 1. The van der Waals surface area contributed by atoms with Crippen LogP contribution in [-0.4, -0.2) is 26.9 Å². The molecule has 1 saturated carbocycles. The molecule has 1 amide bonds. The van der Waals surface area contributed by atoms with Crippen molar-refractivity contribution in [3.8, 4) is 0 Å². The summed E-state index contributed by atoms with van der Waals surface area (Å²) in [6.07, 6.45) is -0.0910. The molecule has 5 nitrogen and oxygen atoms in total. The summed E-state index contributed by atoms with van der Waals surface area (Å²) < 4.78 is 40.1. The van der Waals surface area contributed by atoms with Gasteiger partial charge in [-0.3, -0.25) is 4.79 Å². The van der Waals surface area contributed by atoms with Crippen LogP contribution in [0.1, 0.15) is 40.9 Å². The lowest BCUT2D eigenvalue weighted by atomic mass is 9.93. The number of carbonyl (C=O) groups is 1. The second-order valence-electron chi connectivity index (χ2n) is 5.56. The zero-order valence-corrected chi connectivity index (χ0v) is 12.2. The summed E-state index contributed by atoms with van der Waals surface area (Å²) in [6, 6.07) is 5.45. The molecule has 1 aliphatic carbocycles. The zero-order valence-electron chi connectivity index (χ0n) is 12.2. The van der Waals surface area contributed by atoms with Crippen LogP contribution in [0.15, 0.2) is 30.5 Å². The zero-order chi connectivity index (χ0) is 16.4. The third-order valence-electron chi connectivity index (χ3n) is 3.87. The molecule has 0 unspecified atom stereocenters. The third-order valence-corrected chi connectivity index (χ3v) is 3.87. The highest BCUT2D eigenvalue weighted by Crippen LogP contribution is 2.32. The predicted molar refractivity (Wildman–Crippen MR) is 75.7 cm³/mol. The second kappa shape index (κ2) is 6.02. The number of rotatable bonds is 4. The molecular weight excluding hydrogens is 309 g/mol. The van der Waals surface area contributed by atoms with Crippen molar-refractivity contribution in [2.75, 3.05) is 0 Å². The number of aromatic nitrogens is 3. The Hall–Kier alpha value is -2.38. The van der Waals surface area contributed by atoms with Gasteiger partial charge in [-0.1, -0.05) is 23.4 Å². The summed E-state index contributed by atoms with van der Waals surface area (Å²) >= 11 is 0. The minimum Gasteiger partial charge on any atom is -0.348 e. The first-order valence-electron chi connectivity index (χ1n) is 7.29.